The summed E-state index contributed by atoms with van der Waals surface area (Å²) in [6, 6.07) is 16.9. The van der Waals surface area contributed by atoms with Crippen molar-refractivity contribution in [1.82, 2.24) is 0 Å². The van der Waals surface area contributed by atoms with Crippen LogP contribution in [0.5, 0.6) is 0 Å². The monoisotopic (exact) mass is 524 g/mol. The summed E-state index contributed by atoms with van der Waals surface area (Å²) in [6.45, 7) is 8.52. The van der Waals surface area contributed by atoms with Crippen molar-refractivity contribution in [2.45, 2.75) is 85.5 Å². The molecule has 2 rings (SSSR count). The first kappa shape index (κ1) is 31.3. The zero-order valence-corrected chi connectivity index (χ0v) is 23.5. The van der Waals surface area contributed by atoms with E-state index in [9.17, 15) is 0 Å². The number of para-hydroxylation sites is 2. The smallest absolute Gasteiger partial charge is 0.135 e. The summed E-state index contributed by atoms with van der Waals surface area (Å²) in [5.41, 5.74) is 6.37. The Balaban J connectivity index is 0.00000648. The number of benzene rings is 2. The van der Waals surface area contributed by atoms with Gasteiger partial charge in [-0.05, 0) is 88.0 Å². The third-order valence-electron chi connectivity index (χ3n) is 5.73. The van der Waals surface area contributed by atoms with Crippen molar-refractivity contribution in [3.05, 3.63) is 84.0 Å². The molecule has 0 aromatic heterocycles. The average Bonchev–Trinajstić information content (AvgIpc) is 2.88. The van der Waals surface area contributed by atoms with Crippen LogP contribution in [-0.2, 0) is 29.3 Å². The van der Waals surface area contributed by atoms with E-state index in [2.05, 4.69) is 112 Å². The molecule has 3 heteroatoms. The Bertz CT molecular complexity index is 1080. The number of aliphatic imine (C=N–C) groups is 2. The number of allylic oxidation sites excluding steroid dienone is 4. The molecule has 0 unspecified atom stereocenters. The van der Waals surface area contributed by atoms with Gasteiger partial charge < -0.3 is 0 Å². The topological polar surface area (TPSA) is 24.7 Å². The number of unbranched alkanes of at least 4 members (excludes halogenated alkanes) is 2. The Kier molecular flexibility index (Phi) is 17.0. The molecule has 0 saturated carbocycles. The number of hydrogen-bond donors (Lipinski definition) is 0. The van der Waals surface area contributed by atoms with Gasteiger partial charge in [-0.15, -0.1) is 0 Å². The summed E-state index contributed by atoms with van der Waals surface area (Å²) in [4.78, 5) is 10.3. The molecule has 0 aliphatic heterocycles. The van der Waals surface area contributed by atoms with Crippen molar-refractivity contribution in [1.29, 1.82) is 0 Å². The standard InChI is InChI=1S/C33H42N2.Ni/c1-5-9-13-20-28-22-16-18-25-30(28)34-32(24-12-8-4)33(27-15-11-7-3)35-31-26-19-17-23-29(31)21-14-10-6-2;/h5-6,9-10,16-19,22-23,25-26H,7-8,11-14,20-21,24H2,1-4H3;/b9-5+,10-6+,34-32?,35-33?;. The molecule has 0 fully saturated rings. The van der Waals surface area contributed by atoms with Gasteiger partial charge >= 0.3 is 0 Å². The van der Waals surface area contributed by atoms with Crippen molar-refractivity contribution in [3.63, 3.8) is 0 Å². The van der Waals surface area contributed by atoms with E-state index in [-0.39, 0.29) is 16.5 Å². The molecule has 0 saturated heterocycles. The molecule has 36 heavy (non-hydrogen) atoms. The van der Waals surface area contributed by atoms with Gasteiger partial charge in [0.25, 0.3) is 0 Å². The Morgan fingerprint density at radius 1 is 0.778 bits per heavy atom. The first-order chi connectivity index (χ1) is 17.2. The van der Waals surface area contributed by atoms with Gasteiger partial charge in [-0.25, -0.2) is 4.99 Å². The summed E-state index contributed by atoms with van der Waals surface area (Å²) in [7, 11) is 0. The van der Waals surface area contributed by atoms with Crippen LogP contribution in [0.1, 0.15) is 83.8 Å². The predicted octanol–water partition coefficient (Wildman–Crippen LogP) is 9.54. The van der Waals surface area contributed by atoms with Gasteiger partial charge in [0.1, 0.15) is 5.71 Å². The maximum absolute atomic E-state index is 5.20. The summed E-state index contributed by atoms with van der Waals surface area (Å²) >= 11 is 0. The molecule has 0 aliphatic carbocycles. The molecule has 0 aliphatic rings. The molecule has 0 radical (unpaired) electrons. The van der Waals surface area contributed by atoms with Crippen LogP contribution in [0.15, 0.2) is 82.8 Å². The van der Waals surface area contributed by atoms with Crippen LogP contribution in [-0.4, -0.2) is 11.4 Å². The number of nitrogens with zero attached hydrogens (tertiary/aromatic N) is 2. The third-order valence-corrected chi connectivity index (χ3v) is 5.73. The van der Waals surface area contributed by atoms with Crippen LogP contribution in [0.2, 0.25) is 0 Å². The second kappa shape index (κ2) is 19.5. The molecule has 0 amide bonds. The fourth-order valence-corrected chi connectivity index (χ4v) is 3.75. The second-order valence-electron chi connectivity index (χ2n) is 8.65. The van der Waals surface area contributed by atoms with E-state index in [0.29, 0.717) is 0 Å². The van der Waals surface area contributed by atoms with Crippen molar-refractivity contribution < 1.29 is 16.5 Å². The minimum absolute atomic E-state index is 0. The van der Waals surface area contributed by atoms with Gasteiger partial charge in [-0.3, -0.25) is 4.99 Å². The first-order valence-corrected chi connectivity index (χ1v) is 13.3. The quantitative estimate of drug-likeness (QED) is 0.108. The normalized spacial score (nSPS) is 12.0. The summed E-state index contributed by atoms with van der Waals surface area (Å²) in [5, 5.41) is 0. The van der Waals surface area contributed by atoms with Gasteiger partial charge in [0.2, 0.25) is 0 Å². The molecule has 2 aromatic rings. The van der Waals surface area contributed by atoms with Crippen LogP contribution in [0.25, 0.3) is 0 Å². The molecule has 0 bridgehead atoms. The van der Waals surface area contributed by atoms with Crippen LogP contribution < -0.4 is 0 Å². The van der Waals surface area contributed by atoms with Gasteiger partial charge in [-0.2, -0.15) is 0 Å². The first-order valence-electron chi connectivity index (χ1n) is 13.3. The van der Waals surface area contributed by atoms with E-state index in [1.807, 2.05) is 0 Å². The number of hydrogen-bond acceptors (Lipinski definition) is 2. The van der Waals surface area contributed by atoms with Crippen LogP contribution in [0.4, 0.5) is 11.4 Å². The maximum Gasteiger partial charge on any atom is 0.135 e. The number of aryl methyl sites for hydroxylation is 2. The SMILES string of the molecule is C/C=C/CCc1ccccc1N=C(C#CCCC)C(CCCC)=Nc1ccccc1CC/C=C/C.[Ni]. The molecule has 194 valence electrons. The van der Waals surface area contributed by atoms with E-state index in [0.717, 1.165) is 80.6 Å². The number of rotatable bonds is 13. The van der Waals surface area contributed by atoms with Crippen molar-refractivity contribution in [3.8, 4) is 11.8 Å². The summed E-state index contributed by atoms with van der Waals surface area (Å²) in [6.07, 6.45) is 17.6. The fraction of sp³-hybridized carbons (Fsp3) is 0.394. The predicted molar refractivity (Wildman–Crippen MR) is 156 cm³/mol. The molecule has 2 aromatic carbocycles. The Morgan fingerprint density at radius 3 is 1.86 bits per heavy atom. The fourth-order valence-electron chi connectivity index (χ4n) is 3.75. The van der Waals surface area contributed by atoms with E-state index in [4.69, 9.17) is 9.98 Å². The van der Waals surface area contributed by atoms with Crippen LogP contribution >= 0.6 is 0 Å². The van der Waals surface area contributed by atoms with E-state index >= 15 is 0 Å². The molecule has 0 N–H and O–H groups in total. The van der Waals surface area contributed by atoms with E-state index in [1.165, 1.54) is 11.1 Å². The average molecular weight is 525 g/mol. The van der Waals surface area contributed by atoms with E-state index in [1.54, 1.807) is 0 Å². The minimum Gasteiger partial charge on any atom is -0.250 e. The Labute approximate surface area is 230 Å². The maximum atomic E-state index is 5.20. The van der Waals surface area contributed by atoms with Gasteiger partial charge in [0.15, 0.2) is 0 Å². The molecule has 0 heterocycles. The summed E-state index contributed by atoms with van der Waals surface area (Å²) in [5.74, 6) is 6.75. The zero-order valence-electron chi connectivity index (χ0n) is 22.5. The molecular formula is C33H42N2Ni. The third kappa shape index (κ3) is 11.4. The van der Waals surface area contributed by atoms with Crippen molar-refractivity contribution in [2.75, 3.05) is 0 Å². The molecule has 0 atom stereocenters. The van der Waals surface area contributed by atoms with Gasteiger partial charge in [-0.1, -0.05) is 86.9 Å². The minimum atomic E-state index is 0. The van der Waals surface area contributed by atoms with Crippen molar-refractivity contribution in [2.24, 2.45) is 9.98 Å². The van der Waals surface area contributed by atoms with E-state index < -0.39 is 0 Å². The van der Waals surface area contributed by atoms with Crippen LogP contribution in [0.3, 0.4) is 0 Å². The molecule has 0 spiro atoms. The van der Waals surface area contributed by atoms with Crippen molar-refractivity contribution >= 4 is 22.8 Å². The summed E-state index contributed by atoms with van der Waals surface area (Å²) < 4.78 is 0. The van der Waals surface area contributed by atoms with Crippen LogP contribution in [0, 0.1) is 11.8 Å². The van der Waals surface area contributed by atoms with Gasteiger partial charge in [0, 0.05) is 22.9 Å². The second-order valence-corrected chi connectivity index (χ2v) is 8.65. The molecular weight excluding hydrogens is 483 g/mol. The Morgan fingerprint density at radius 2 is 1.33 bits per heavy atom. The van der Waals surface area contributed by atoms with Gasteiger partial charge in [0.05, 0.1) is 17.1 Å². The largest absolute Gasteiger partial charge is 0.250 e. The Hall–Kier alpha value is -2.69. The zero-order chi connectivity index (χ0) is 25.1. The molecule has 2 nitrogen and oxygen atoms in total.